The molecular weight excluding hydrogens is 369 g/mol. The van der Waals surface area contributed by atoms with E-state index in [0.717, 1.165) is 42.1 Å². The molecule has 29 heavy (non-hydrogen) atoms. The Morgan fingerprint density at radius 1 is 1.00 bits per heavy atom. The van der Waals surface area contributed by atoms with E-state index >= 15 is 0 Å². The number of hydrogen-bond acceptors (Lipinski definition) is 2. The Hall–Kier alpha value is -3.15. The summed E-state index contributed by atoms with van der Waals surface area (Å²) < 4.78 is 14.7. The van der Waals surface area contributed by atoms with Crippen molar-refractivity contribution in [3.8, 4) is 0 Å². The third-order valence-electron chi connectivity index (χ3n) is 5.79. The van der Waals surface area contributed by atoms with Gasteiger partial charge in [-0.25, -0.2) is 9.18 Å². The van der Waals surface area contributed by atoms with E-state index in [2.05, 4.69) is 10.6 Å². The van der Waals surface area contributed by atoms with E-state index in [1.165, 1.54) is 18.2 Å². The van der Waals surface area contributed by atoms with Gasteiger partial charge in [-0.05, 0) is 72.9 Å². The van der Waals surface area contributed by atoms with E-state index in [1.54, 1.807) is 17.7 Å². The number of nitrogens with one attached hydrogen (secondary N) is 2. The van der Waals surface area contributed by atoms with Gasteiger partial charge in [0, 0.05) is 24.8 Å². The number of hydrogen-bond donors (Lipinski definition) is 2. The summed E-state index contributed by atoms with van der Waals surface area (Å²) in [6, 6.07) is 15.4. The van der Waals surface area contributed by atoms with Crippen LogP contribution in [0.25, 0.3) is 10.9 Å². The van der Waals surface area contributed by atoms with Gasteiger partial charge >= 0.3 is 6.03 Å². The number of carbonyl (C=O) groups excluding carboxylic acids is 1. The van der Waals surface area contributed by atoms with Crippen LogP contribution in [0, 0.1) is 5.82 Å². The zero-order valence-corrected chi connectivity index (χ0v) is 16.3. The van der Waals surface area contributed by atoms with Crippen molar-refractivity contribution >= 4 is 22.6 Å². The first-order valence-corrected chi connectivity index (χ1v) is 9.92. The molecule has 0 saturated heterocycles. The quantitative estimate of drug-likeness (QED) is 0.687. The van der Waals surface area contributed by atoms with Crippen LogP contribution in [0.4, 0.5) is 14.9 Å². The zero-order chi connectivity index (χ0) is 20.4. The molecule has 6 heteroatoms. The second-order valence-corrected chi connectivity index (χ2v) is 7.70. The lowest BCUT2D eigenvalue weighted by molar-refractivity contribution is 0.242. The first-order valence-electron chi connectivity index (χ1n) is 9.92. The lowest BCUT2D eigenvalue weighted by Crippen LogP contribution is -2.39. The Labute approximate surface area is 168 Å². The van der Waals surface area contributed by atoms with Gasteiger partial charge in [-0.15, -0.1) is 0 Å². The van der Waals surface area contributed by atoms with Crippen LogP contribution in [0.15, 0.2) is 59.4 Å². The third-order valence-corrected chi connectivity index (χ3v) is 5.79. The molecule has 1 heterocycles. The van der Waals surface area contributed by atoms with E-state index in [4.69, 9.17) is 0 Å². The maximum absolute atomic E-state index is 13.1. The normalized spacial score (nSPS) is 19.1. The molecule has 1 aliphatic carbocycles. The fourth-order valence-electron chi connectivity index (χ4n) is 4.10. The Morgan fingerprint density at radius 2 is 1.69 bits per heavy atom. The molecule has 0 radical (unpaired) electrons. The highest BCUT2D eigenvalue weighted by atomic mass is 19.1. The lowest BCUT2D eigenvalue weighted by atomic mass is 9.82. The number of anilines is 1. The van der Waals surface area contributed by atoms with Gasteiger partial charge in [-0.1, -0.05) is 18.2 Å². The molecule has 0 bridgehead atoms. The predicted octanol–water partition coefficient (Wildman–Crippen LogP) is 4.53. The number of pyridine rings is 1. The molecule has 150 valence electrons. The minimum absolute atomic E-state index is 0.0861. The minimum atomic E-state index is -0.240. The summed E-state index contributed by atoms with van der Waals surface area (Å²) in [6.45, 7) is 0. The summed E-state index contributed by atoms with van der Waals surface area (Å²) in [6.07, 6.45) is 3.71. The standard InChI is InChI=1S/C23H24FN3O2/c1-27-21-14-20(12-6-17(21)7-13-22(27)28)26-23(29)25-19-10-4-16(5-11-19)15-2-8-18(24)9-3-15/h2-3,6-9,12-14,16,19H,4-5,10-11H2,1H3,(H2,25,26,29). The molecule has 4 rings (SSSR count). The molecule has 0 aliphatic heterocycles. The van der Waals surface area contributed by atoms with Crippen LogP contribution >= 0.6 is 0 Å². The second-order valence-electron chi connectivity index (χ2n) is 7.70. The lowest BCUT2D eigenvalue weighted by Gasteiger charge is -2.29. The monoisotopic (exact) mass is 393 g/mol. The molecule has 0 spiro atoms. The second kappa shape index (κ2) is 8.07. The third kappa shape index (κ3) is 4.31. The minimum Gasteiger partial charge on any atom is -0.335 e. The number of urea groups is 1. The molecule has 3 aromatic rings. The van der Waals surface area contributed by atoms with E-state index < -0.39 is 0 Å². The highest BCUT2D eigenvalue weighted by molar-refractivity contribution is 5.92. The van der Waals surface area contributed by atoms with Crippen LogP contribution < -0.4 is 16.2 Å². The Balaban J connectivity index is 1.34. The van der Waals surface area contributed by atoms with E-state index in [9.17, 15) is 14.0 Å². The van der Waals surface area contributed by atoms with Gasteiger partial charge in [0.25, 0.3) is 5.56 Å². The number of aromatic nitrogens is 1. The van der Waals surface area contributed by atoms with Crippen molar-refractivity contribution in [2.45, 2.75) is 37.6 Å². The van der Waals surface area contributed by atoms with E-state index in [-0.39, 0.29) is 23.4 Å². The zero-order valence-electron chi connectivity index (χ0n) is 16.3. The number of amides is 2. The summed E-state index contributed by atoms with van der Waals surface area (Å²) in [5, 5.41) is 6.86. The predicted molar refractivity (Wildman–Crippen MR) is 113 cm³/mol. The summed E-state index contributed by atoms with van der Waals surface area (Å²) in [7, 11) is 1.72. The molecule has 0 atom stereocenters. The number of halogens is 1. The van der Waals surface area contributed by atoms with Gasteiger partial charge in [0.05, 0.1) is 5.52 Å². The van der Waals surface area contributed by atoms with Crippen molar-refractivity contribution < 1.29 is 9.18 Å². The van der Waals surface area contributed by atoms with Crippen molar-refractivity contribution in [1.82, 2.24) is 9.88 Å². The van der Waals surface area contributed by atoms with E-state index in [0.29, 0.717) is 11.6 Å². The van der Waals surface area contributed by atoms with Crippen LogP contribution in [0.1, 0.15) is 37.2 Å². The number of carbonyl (C=O) groups is 1. The summed E-state index contributed by atoms with van der Waals surface area (Å²) >= 11 is 0. The molecule has 5 nitrogen and oxygen atoms in total. The van der Waals surface area contributed by atoms with Crippen LogP contribution in [0.2, 0.25) is 0 Å². The van der Waals surface area contributed by atoms with Crippen molar-refractivity contribution in [2.24, 2.45) is 7.05 Å². The highest BCUT2D eigenvalue weighted by Gasteiger charge is 2.23. The maximum atomic E-state index is 13.1. The molecule has 1 aromatic heterocycles. The van der Waals surface area contributed by atoms with Crippen molar-refractivity contribution in [3.05, 3.63) is 76.3 Å². The molecular formula is C23H24FN3O2. The maximum Gasteiger partial charge on any atom is 0.319 e. The molecule has 1 saturated carbocycles. The van der Waals surface area contributed by atoms with Crippen molar-refractivity contribution in [2.75, 3.05) is 5.32 Å². The molecule has 1 aliphatic rings. The summed E-state index contributed by atoms with van der Waals surface area (Å²) in [5.41, 5.74) is 2.50. The topological polar surface area (TPSA) is 63.1 Å². The highest BCUT2D eigenvalue weighted by Crippen LogP contribution is 2.33. The van der Waals surface area contributed by atoms with Crippen LogP contribution in [-0.4, -0.2) is 16.6 Å². The van der Waals surface area contributed by atoms with Crippen LogP contribution in [-0.2, 0) is 7.05 Å². The number of aryl methyl sites for hydroxylation is 1. The summed E-state index contributed by atoms with van der Waals surface area (Å²) in [5.74, 6) is 0.202. The average Bonchev–Trinajstić information content (AvgIpc) is 2.72. The Morgan fingerprint density at radius 3 is 2.41 bits per heavy atom. The van der Waals surface area contributed by atoms with E-state index in [1.807, 2.05) is 30.3 Å². The Bertz CT molecular complexity index is 1080. The molecule has 2 aromatic carbocycles. The number of fused-ring (bicyclic) bond motifs is 1. The van der Waals surface area contributed by atoms with Gasteiger partial charge in [0.1, 0.15) is 5.82 Å². The van der Waals surface area contributed by atoms with Gasteiger partial charge in [0.15, 0.2) is 0 Å². The molecule has 0 unspecified atom stereocenters. The number of rotatable bonds is 3. The van der Waals surface area contributed by atoms with Gasteiger partial charge in [-0.3, -0.25) is 4.79 Å². The van der Waals surface area contributed by atoms with Crippen molar-refractivity contribution in [3.63, 3.8) is 0 Å². The molecule has 1 fully saturated rings. The fraction of sp³-hybridized carbons (Fsp3) is 0.304. The van der Waals surface area contributed by atoms with Gasteiger partial charge in [-0.2, -0.15) is 0 Å². The fourth-order valence-corrected chi connectivity index (χ4v) is 4.10. The smallest absolute Gasteiger partial charge is 0.319 e. The average molecular weight is 393 g/mol. The first-order chi connectivity index (χ1) is 14.0. The summed E-state index contributed by atoms with van der Waals surface area (Å²) in [4.78, 5) is 24.2. The van der Waals surface area contributed by atoms with Crippen LogP contribution in [0.3, 0.4) is 0 Å². The van der Waals surface area contributed by atoms with Crippen molar-refractivity contribution in [1.29, 1.82) is 0 Å². The number of nitrogens with zero attached hydrogens (tertiary/aromatic N) is 1. The first kappa shape index (κ1) is 19.2. The number of benzene rings is 2. The largest absolute Gasteiger partial charge is 0.335 e. The van der Waals surface area contributed by atoms with Gasteiger partial charge in [0.2, 0.25) is 0 Å². The van der Waals surface area contributed by atoms with Crippen LogP contribution in [0.5, 0.6) is 0 Å². The van der Waals surface area contributed by atoms with Gasteiger partial charge < -0.3 is 15.2 Å². The molecule has 2 N–H and O–H groups in total. The SMILES string of the molecule is Cn1c(=O)ccc2ccc(NC(=O)NC3CCC(c4ccc(F)cc4)CC3)cc21. The molecule has 2 amide bonds. The Kier molecular flexibility index (Phi) is 5.34.